The predicted molar refractivity (Wildman–Crippen MR) is 77.8 cm³/mol. The van der Waals surface area contributed by atoms with Gasteiger partial charge < -0.3 is 10.1 Å². The molecule has 1 aliphatic heterocycles. The molecule has 1 heterocycles. The molecule has 1 atom stereocenters. The molecule has 1 aliphatic rings. The van der Waals surface area contributed by atoms with Crippen molar-refractivity contribution in [1.82, 2.24) is 5.32 Å². The SMILES string of the molecule is O=C(NCC1CO1)c1ccc(Cc2ccccc2)cc1. The van der Waals surface area contributed by atoms with Crippen molar-refractivity contribution in [3.05, 3.63) is 71.3 Å². The highest BCUT2D eigenvalue weighted by molar-refractivity contribution is 5.94. The van der Waals surface area contributed by atoms with Crippen LogP contribution in [0.4, 0.5) is 0 Å². The highest BCUT2D eigenvalue weighted by Crippen LogP contribution is 2.11. The van der Waals surface area contributed by atoms with E-state index in [1.54, 1.807) is 0 Å². The summed E-state index contributed by atoms with van der Waals surface area (Å²) in [6.45, 7) is 1.36. The Morgan fingerprint density at radius 3 is 2.35 bits per heavy atom. The number of rotatable bonds is 5. The first-order valence-corrected chi connectivity index (χ1v) is 6.84. The van der Waals surface area contributed by atoms with Gasteiger partial charge in [-0.15, -0.1) is 0 Å². The van der Waals surface area contributed by atoms with Gasteiger partial charge in [-0.3, -0.25) is 4.79 Å². The first-order chi connectivity index (χ1) is 9.81. The lowest BCUT2D eigenvalue weighted by Gasteiger charge is -2.05. The van der Waals surface area contributed by atoms with Crippen LogP contribution in [0.25, 0.3) is 0 Å². The molecular formula is C17H17NO2. The molecule has 1 amide bonds. The number of epoxide rings is 1. The molecular weight excluding hydrogens is 250 g/mol. The Bertz CT molecular complexity index is 574. The number of carbonyl (C=O) groups excluding carboxylic acids is 1. The van der Waals surface area contributed by atoms with E-state index in [1.165, 1.54) is 11.1 Å². The number of amides is 1. The molecule has 20 heavy (non-hydrogen) atoms. The van der Waals surface area contributed by atoms with Crippen LogP contribution in [0.3, 0.4) is 0 Å². The van der Waals surface area contributed by atoms with E-state index in [-0.39, 0.29) is 12.0 Å². The second-order valence-corrected chi connectivity index (χ2v) is 5.02. The summed E-state index contributed by atoms with van der Waals surface area (Å²) in [5, 5.41) is 2.87. The summed E-state index contributed by atoms with van der Waals surface area (Å²) in [4.78, 5) is 11.9. The first kappa shape index (κ1) is 12.9. The fraction of sp³-hybridized carbons (Fsp3) is 0.235. The molecule has 0 bridgehead atoms. The van der Waals surface area contributed by atoms with E-state index < -0.39 is 0 Å². The van der Waals surface area contributed by atoms with Crippen LogP contribution in [0.15, 0.2) is 54.6 Å². The van der Waals surface area contributed by atoms with Crippen molar-refractivity contribution in [3.63, 3.8) is 0 Å². The Balaban J connectivity index is 1.60. The number of ether oxygens (including phenoxy) is 1. The smallest absolute Gasteiger partial charge is 0.251 e. The molecule has 2 aromatic carbocycles. The van der Waals surface area contributed by atoms with E-state index in [0.29, 0.717) is 12.1 Å². The minimum Gasteiger partial charge on any atom is -0.371 e. The fourth-order valence-electron chi connectivity index (χ4n) is 2.10. The van der Waals surface area contributed by atoms with Gasteiger partial charge in [-0.25, -0.2) is 0 Å². The van der Waals surface area contributed by atoms with Crippen LogP contribution in [0, 0.1) is 0 Å². The summed E-state index contributed by atoms with van der Waals surface area (Å²) in [6, 6.07) is 18.1. The molecule has 0 aromatic heterocycles. The van der Waals surface area contributed by atoms with Crippen LogP contribution < -0.4 is 5.32 Å². The molecule has 0 aliphatic carbocycles. The normalized spacial score (nSPS) is 16.7. The molecule has 1 saturated heterocycles. The van der Waals surface area contributed by atoms with Crippen molar-refractivity contribution in [2.24, 2.45) is 0 Å². The second-order valence-electron chi connectivity index (χ2n) is 5.02. The van der Waals surface area contributed by atoms with Crippen LogP contribution in [0.2, 0.25) is 0 Å². The van der Waals surface area contributed by atoms with E-state index in [1.807, 2.05) is 42.5 Å². The van der Waals surface area contributed by atoms with Gasteiger partial charge in [0.25, 0.3) is 5.91 Å². The third kappa shape index (κ3) is 3.45. The van der Waals surface area contributed by atoms with Crippen LogP contribution >= 0.6 is 0 Å². The number of nitrogens with one attached hydrogen (secondary N) is 1. The monoisotopic (exact) mass is 267 g/mol. The van der Waals surface area contributed by atoms with Crippen LogP contribution in [-0.4, -0.2) is 25.2 Å². The molecule has 3 heteroatoms. The molecule has 0 spiro atoms. The van der Waals surface area contributed by atoms with Gasteiger partial charge in [0, 0.05) is 12.1 Å². The molecule has 0 saturated carbocycles. The molecule has 1 unspecified atom stereocenters. The zero-order chi connectivity index (χ0) is 13.8. The van der Waals surface area contributed by atoms with Gasteiger partial charge in [-0.1, -0.05) is 42.5 Å². The number of hydrogen-bond donors (Lipinski definition) is 1. The maximum absolute atomic E-state index is 11.9. The molecule has 0 radical (unpaired) electrons. The van der Waals surface area contributed by atoms with Gasteiger partial charge in [0.15, 0.2) is 0 Å². The Kier molecular flexibility index (Phi) is 3.79. The molecule has 2 aromatic rings. The third-order valence-electron chi connectivity index (χ3n) is 3.36. The van der Waals surface area contributed by atoms with Crippen molar-refractivity contribution in [2.75, 3.05) is 13.2 Å². The van der Waals surface area contributed by atoms with Gasteiger partial charge in [0.1, 0.15) is 0 Å². The molecule has 3 nitrogen and oxygen atoms in total. The quantitative estimate of drug-likeness (QED) is 0.845. The van der Waals surface area contributed by atoms with Gasteiger partial charge >= 0.3 is 0 Å². The zero-order valence-corrected chi connectivity index (χ0v) is 11.2. The molecule has 3 rings (SSSR count). The van der Waals surface area contributed by atoms with Crippen LogP contribution in [0.1, 0.15) is 21.5 Å². The summed E-state index contributed by atoms with van der Waals surface area (Å²) in [6.07, 6.45) is 1.11. The Morgan fingerprint density at radius 2 is 1.70 bits per heavy atom. The van der Waals surface area contributed by atoms with Crippen LogP contribution in [0.5, 0.6) is 0 Å². The van der Waals surface area contributed by atoms with Crippen molar-refractivity contribution < 1.29 is 9.53 Å². The largest absolute Gasteiger partial charge is 0.371 e. The van der Waals surface area contributed by atoms with Gasteiger partial charge in [0.2, 0.25) is 0 Å². The molecule has 1 fully saturated rings. The lowest BCUT2D eigenvalue weighted by atomic mass is 10.0. The summed E-state index contributed by atoms with van der Waals surface area (Å²) in [5.41, 5.74) is 3.18. The summed E-state index contributed by atoms with van der Waals surface area (Å²) < 4.78 is 5.07. The lowest BCUT2D eigenvalue weighted by Crippen LogP contribution is -2.27. The topological polar surface area (TPSA) is 41.6 Å². The highest BCUT2D eigenvalue weighted by atomic mass is 16.6. The van der Waals surface area contributed by atoms with Crippen molar-refractivity contribution in [3.8, 4) is 0 Å². The summed E-state index contributed by atoms with van der Waals surface area (Å²) >= 11 is 0. The average molecular weight is 267 g/mol. The van der Waals surface area contributed by atoms with Gasteiger partial charge in [0.05, 0.1) is 12.7 Å². The van der Waals surface area contributed by atoms with Crippen LogP contribution in [-0.2, 0) is 11.2 Å². The van der Waals surface area contributed by atoms with Gasteiger partial charge in [-0.05, 0) is 29.7 Å². The summed E-state index contributed by atoms with van der Waals surface area (Å²) in [5.74, 6) is -0.0354. The minimum absolute atomic E-state index is 0.0354. The average Bonchev–Trinajstić information content (AvgIpc) is 3.31. The Morgan fingerprint density at radius 1 is 1.05 bits per heavy atom. The van der Waals surface area contributed by atoms with E-state index in [0.717, 1.165) is 13.0 Å². The zero-order valence-electron chi connectivity index (χ0n) is 11.2. The fourth-order valence-corrected chi connectivity index (χ4v) is 2.10. The number of hydrogen-bond acceptors (Lipinski definition) is 2. The minimum atomic E-state index is -0.0354. The first-order valence-electron chi connectivity index (χ1n) is 6.84. The standard InChI is InChI=1S/C17H17NO2/c19-17(18-11-16-12-20-16)15-8-6-14(7-9-15)10-13-4-2-1-3-5-13/h1-9,16H,10-12H2,(H,18,19). The lowest BCUT2D eigenvalue weighted by molar-refractivity contribution is 0.0950. The van der Waals surface area contributed by atoms with E-state index in [9.17, 15) is 4.79 Å². The van der Waals surface area contributed by atoms with E-state index in [2.05, 4.69) is 17.4 Å². The Labute approximate surface area is 118 Å². The number of benzene rings is 2. The summed E-state index contributed by atoms with van der Waals surface area (Å²) in [7, 11) is 0. The number of carbonyl (C=O) groups is 1. The highest BCUT2D eigenvalue weighted by Gasteiger charge is 2.22. The van der Waals surface area contributed by atoms with Crippen molar-refractivity contribution in [1.29, 1.82) is 0 Å². The van der Waals surface area contributed by atoms with Crippen molar-refractivity contribution >= 4 is 5.91 Å². The maximum Gasteiger partial charge on any atom is 0.251 e. The molecule has 102 valence electrons. The second kappa shape index (κ2) is 5.88. The van der Waals surface area contributed by atoms with Crippen molar-refractivity contribution in [2.45, 2.75) is 12.5 Å². The third-order valence-corrected chi connectivity index (χ3v) is 3.36. The maximum atomic E-state index is 11.9. The predicted octanol–water partition coefficient (Wildman–Crippen LogP) is 2.41. The van der Waals surface area contributed by atoms with E-state index in [4.69, 9.17) is 4.74 Å². The van der Waals surface area contributed by atoms with Gasteiger partial charge in [-0.2, -0.15) is 0 Å². The molecule has 1 N–H and O–H groups in total. The van der Waals surface area contributed by atoms with E-state index >= 15 is 0 Å². The Hall–Kier alpha value is -2.13.